The maximum absolute atomic E-state index is 10.6. The van der Waals surface area contributed by atoms with Gasteiger partial charge in [0, 0.05) is 20.2 Å². The molecule has 0 saturated carbocycles. The van der Waals surface area contributed by atoms with Gasteiger partial charge in [0.1, 0.15) is 0 Å². The van der Waals surface area contributed by atoms with Crippen LogP contribution in [-0.4, -0.2) is 33.7 Å². The molecule has 0 aromatic carbocycles. The lowest BCUT2D eigenvalue weighted by Gasteiger charge is -2.01. The Morgan fingerprint density at radius 1 is 1.50 bits per heavy atom. The zero-order valence-corrected chi connectivity index (χ0v) is 6.61. The first-order valence-corrected chi connectivity index (χ1v) is 4.39. The average molecular weight is 168 g/mol. The van der Waals surface area contributed by atoms with Gasteiger partial charge in [-0.1, -0.05) is 0 Å². The predicted molar refractivity (Wildman–Crippen MR) is 37.7 cm³/mol. The van der Waals surface area contributed by atoms with Crippen molar-refractivity contribution in [3.63, 3.8) is 0 Å². The minimum Gasteiger partial charge on any atom is -0.396 e. The minimum absolute atomic E-state index is 0.00770. The van der Waals surface area contributed by atoms with Gasteiger partial charge in [0.05, 0.1) is 0 Å². The van der Waals surface area contributed by atoms with Crippen molar-refractivity contribution in [3.05, 3.63) is 0 Å². The fraction of sp³-hybridized carbons (Fsp3) is 1.00. The molecule has 0 aromatic rings. The number of aliphatic hydroxyl groups excluding tert-OH is 1. The first-order chi connectivity index (χ1) is 4.62. The molecule has 0 rings (SSSR count). The van der Waals surface area contributed by atoms with Gasteiger partial charge in [0.15, 0.2) is 0 Å². The second-order valence-electron chi connectivity index (χ2n) is 1.68. The Morgan fingerprint density at radius 3 is 2.50 bits per heavy atom. The van der Waals surface area contributed by atoms with Gasteiger partial charge in [0.2, 0.25) is 0 Å². The van der Waals surface area contributed by atoms with E-state index in [9.17, 15) is 8.42 Å². The molecule has 0 fully saturated rings. The molecule has 0 amide bonds. The Morgan fingerprint density at radius 2 is 2.10 bits per heavy atom. The van der Waals surface area contributed by atoms with Crippen molar-refractivity contribution in [3.8, 4) is 0 Å². The van der Waals surface area contributed by atoms with Crippen LogP contribution in [0.3, 0.4) is 0 Å². The van der Waals surface area contributed by atoms with Crippen molar-refractivity contribution in [2.45, 2.75) is 6.42 Å². The van der Waals surface area contributed by atoms with Crippen LogP contribution in [0.25, 0.3) is 0 Å². The van der Waals surface area contributed by atoms with E-state index >= 15 is 0 Å². The normalized spacial score (nSPS) is 11.8. The van der Waals surface area contributed by atoms with E-state index in [0.717, 1.165) is 0 Å². The van der Waals surface area contributed by atoms with Crippen molar-refractivity contribution >= 4 is 10.2 Å². The predicted octanol–water partition coefficient (Wildman–Crippen LogP) is -1.58. The van der Waals surface area contributed by atoms with Crippen LogP contribution in [0.15, 0.2) is 0 Å². The summed E-state index contributed by atoms with van der Waals surface area (Å²) in [7, 11) is -1.98. The molecule has 0 spiro atoms. The van der Waals surface area contributed by atoms with E-state index in [1.54, 1.807) is 0 Å². The molecule has 0 aliphatic carbocycles. The molecule has 6 heteroatoms. The summed E-state index contributed by atoms with van der Waals surface area (Å²) in [5.74, 6) is 0. The zero-order chi connectivity index (χ0) is 8.04. The lowest BCUT2D eigenvalue weighted by Crippen LogP contribution is -2.34. The summed E-state index contributed by atoms with van der Waals surface area (Å²) in [6.45, 7) is 0.256. The van der Waals surface area contributed by atoms with Gasteiger partial charge in [-0.05, 0) is 6.42 Å². The molecule has 0 radical (unpaired) electrons. The Kier molecular flexibility index (Phi) is 4.54. The highest BCUT2D eigenvalue weighted by atomic mass is 32.2. The van der Waals surface area contributed by atoms with Crippen LogP contribution in [0.2, 0.25) is 0 Å². The Labute approximate surface area is 60.6 Å². The first kappa shape index (κ1) is 9.83. The molecule has 0 aromatic heterocycles. The van der Waals surface area contributed by atoms with Crippen LogP contribution in [0.1, 0.15) is 6.42 Å². The van der Waals surface area contributed by atoms with Gasteiger partial charge < -0.3 is 5.11 Å². The molecule has 0 bridgehead atoms. The summed E-state index contributed by atoms with van der Waals surface area (Å²) in [5, 5.41) is 8.28. The molecule has 5 nitrogen and oxygen atoms in total. The Bertz CT molecular complexity index is 165. The third-order valence-corrected chi connectivity index (χ3v) is 2.02. The van der Waals surface area contributed by atoms with Crippen molar-refractivity contribution in [1.82, 2.24) is 9.44 Å². The molecule has 0 saturated heterocycles. The average Bonchev–Trinajstić information content (AvgIpc) is 1.89. The number of hydrogen-bond donors (Lipinski definition) is 3. The summed E-state index contributed by atoms with van der Waals surface area (Å²) < 4.78 is 25.4. The van der Waals surface area contributed by atoms with Crippen molar-refractivity contribution < 1.29 is 13.5 Å². The molecule has 0 unspecified atom stereocenters. The van der Waals surface area contributed by atoms with Crippen LogP contribution in [0, 0.1) is 0 Å². The van der Waals surface area contributed by atoms with Crippen LogP contribution in [-0.2, 0) is 10.2 Å². The number of nitrogens with one attached hydrogen (secondary N) is 2. The maximum atomic E-state index is 10.6. The lowest BCUT2D eigenvalue weighted by atomic mass is 10.5. The van der Waals surface area contributed by atoms with Crippen LogP contribution in [0.5, 0.6) is 0 Å². The fourth-order valence-electron chi connectivity index (χ4n) is 0.358. The molecule has 10 heavy (non-hydrogen) atoms. The van der Waals surface area contributed by atoms with Gasteiger partial charge in [-0.3, -0.25) is 0 Å². The van der Waals surface area contributed by atoms with E-state index < -0.39 is 10.2 Å². The van der Waals surface area contributed by atoms with Crippen molar-refractivity contribution in [1.29, 1.82) is 0 Å². The highest BCUT2D eigenvalue weighted by Gasteiger charge is 2.02. The minimum atomic E-state index is -3.30. The summed E-state index contributed by atoms with van der Waals surface area (Å²) >= 11 is 0. The SMILES string of the molecule is CNS(=O)(=O)NCCCO. The highest BCUT2D eigenvalue weighted by molar-refractivity contribution is 7.87. The maximum Gasteiger partial charge on any atom is 0.276 e. The van der Waals surface area contributed by atoms with Gasteiger partial charge in [-0.25, -0.2) is 9.44 Å². The lowest BCUT2D eigenvalue weighted by molar-refractivity contribution is 0.289. The summed E-state index contributed by atoms with van der Waals surface area (Å²) in [6.07, 6.45) is 0.431. The highest BCUT2D eigenvalue weighted by Crippen LogP contribution is 1.76. The number of rotatable bonds is 5. The topological polar surface area (TPSA) is 78.4 Å². The third-order valence-electron chi connectivity index (χ3n) is 0.896. The van der Waals surface area contributed by atoms with Gasteiger partial charge in [-0.15, -0.1) is 0 Å². The van der Waals surface area contributed by atoms with Crippen LogP contribution < -0.4 is 9.44 Å². The van der Waals surface area contributed by atoms with E-state index in [1.807, 2.05) is 0 Å². The smallest absolute Gasteiger partial charge is 0.276 e. The third kappa shape index (κ3) is 4.68. The first-order valence-electron chi connectivity index (χ1n) is 2.91. The van der Waals surface area contributed by atoms with E-state index in [0.29, 0.717) is 6.42 Å². The largest absolute Gasteiger partial charge is 0.396 e. The molecule has 3 N–H and O–H groups in total. The van der Waals surface area contributed by atoms with Crippen molar-refractivity contribution in [2.75, 3.05) is 20.2 Å². The number of aliphatic hydroxyl groups is 1. The van der Waals surface area contributed by atoms with Crippen LogP contribution in [0.4, 0.5) is 0 Å². The van der Waals surface area contributed by atoms with Gasteiger partial charge in [-0.2, -0.15) is 8.42 Å². The van der Waals surface area contributed by atoms with E-state index in [1.165, 1.54) is 7.05 Å². The molecular formula is C4H12N2O3S. The molecule has 62 valence electrons. The molecule has 0 atom stereocenters. The monoisotopic (exact) mass is 168 g/mol. The molecule has 0 aliphatic heterocycles. The number of hydrogen-bond acceptors (Lipinski definition) is 3. The second kappa shape index (κ2) is 4.62. The summed E-state index contributed by atoms with van der Waals surface area (Å²) in [4.78, 5) is 0. The van der Waals surface area contributed by atoms with Gasteiger partial charge >= 0.3 is 0 Å². The zero-order valence-electron chi connectivity index (χ0n) is 5.79. The Hall–Kier alpha value is -0.170. The Balaban J connectivity index is 3.49. The summed E-state index contributed by atoms with van der Waals surface area (Å²) in [5.41, 5.74) is 0. The molecule has 0 heterocycles. The standard InChI is InChI=1S/C4H12N2O3S/c1-5-10(8,9)6-3-2-4-7/h5-7H,2-4H2,1H3. The van der Waals surface area contributed by atoms with Crippen molar-refractivity contribution in [2.24, 2.45) is 0 Å². The van der Waals surface area contributed by atoms with E-state index in [2.05, 4.69) is 9.44 Å². The second-order valence-corrected chi connectivity index (χ2v) is 3.38. The summed E-state index contributed by atoms with van der Waals surface area (Å²) in [6, 6.07) is 0. The quantitative estimate of drug-likeness (QED) is 0.434. The fourth-order valence-corrected chi connectivity index (χ4v) is 0.915. The van der Waals surface area contributed by atoms with E-state index in [4.69, 9.17) is 5.11 Å². The van der Waals surface area contributed by atoms with E-state index in [-0.39, 0.29) is 13.2 Å². The van der Waals surface area contributed by atoms with Gasteiger partial charge in [0.25, 0.3) is 10.2 Å². The molecular weight excluding hydrogens is 156 g/mol. The van der Waals surface area contributed by atoms with Crippen LogP contribution >= 0.6 is 0 Å². The molecule has 0 aliphatic rings.